The smallest absolute Gasteiger partial charge is 0.278 e. The van der Waals surface area contributed by atoms with Gasteiger partial charge in [0.15, 0.2) is 0 Å². The minimum Gasteiger partial charge on any atom is -0.393 e. The number of non-ortho nitro benzene ring substituents is 1. The number of fused-ring (bicyclic) bond motifs is 1. The minimum absolute atomic E-state index is 0.0659. The largest absolute Gasteiger partial charge is 0.393 e. The van der Waals surface area contributed by atoms with Gasteiger partial charge in [-0.25, -0.2) is 0 Å². The molecule has 1 saturated carbocycles. The van der Waals surface area contributed by atoms with Crippen LogP contribution in [-0.4, -0.2) is 33.6 Å². The molecule has 1 aliphatic carbocycles. The minimum atomic E-state index is -0.486. The summed E-state index contributed by atoms with van der Waals surface area (Å²) in [5.74, 6) is -0.265. The fourth-order valence-electron chi connectivity index (χ4n) is 3.07. The lowest BCUT2D eigenvalue weighted by molar-refractivity contribution is -0.383. The van der Waals surface area contributed by atoms with Crippen molar-refractivity contribution in [1.29, 1.82) is 0 Å². The highest BCUT2D eigenvalue weighted by atomic mass is 16.6. The Balaban J connectivity index is 1.86. The van der Waals surface area contributed by atoms with Gasteiger partial charge in [0.1, 0.15) is 0 Å². The summed E-state index contributed by atoms with van der Waals surface area (Å²) < 4.78 is 0. The Morgan fingerprint density at radius 2 is 2.22 bits per heavy atom. The van der Waals surface area contributed by atoms with Crippen molar-refractivity contribution in [3.63, 3.8) is 0 Å². The summed E-state index contributed by atoms with van der Waals surface area (Å²) in [7, 11) is 0. The maximum absolute atomic E-state index is 12.4. The molecule has 0 radical (unpaired) electrons. The predicted octanol–water partition coefficient (Wildman–Crippen LogP) is 2.03. The molecule has 0 spiro atoms. The lowest BCUT2D eigenvalue weighted by Gasteiger charge is -2.15. The van der Waals surface area contributed by atoms with E-state index in [1.165, 1.54) is 18.3 Å². The van der Waals surface area contributed by atoms with E-state index >= 15 is 0 Å². The molecule has 7 nitrogen and oxygen atoms in total. The number of pyridine rings is 1. The number of aliphatic hydroxyl groups excluding tert-OH is 1. The Labute approximate surface area is 132 Å². The number of aliphatic hydroxyl groups is 1. The number of nitro benzene ring substituents is 1. The first kappa shape index (κ1) is 15.4. The number of nitrogens with zero attached hydrogens (tertiary/aromatic N) is 2. The average Bonchev–Trinajstić information content (AvgIpc) is 2.96. The van der Waals surface area contributed by atoms with Crippen LogP contribution in [-0.2, 0) is 0 Å². The van der Waals surface area contributed by atoms with Crippen molar-refractivity contribution >= 4 is 22.5 Å². The van der Waals surface area contributed by atoms with Crippen molar-refractivity contribution in [3.8, 4) is 0 Å². The monoisotopic (exact) mass is 315 g/mol. The Bertz CT molecular complexity index is 762. The van der Waals surface area contributed by atoms with Crippen LogP contribution in [0.1, 0.15) is 29.6 Å². The quantitative estimate of drug-likeness (QED) is 0.663. The summed E-state index contributed by atoms with van der Waals surface area (Å²) in [6, 6.07) is 5.93. The number of nitrogens with one attached hydrogen (secondary N) is 1. The van der Waals surface area contributed by atoms with Crippen LogP contribution in [0, 0.1) is 16.0 Å². The van der Waals surface area contributed by atoms with Crippen LogP contribution in [0.4, 0.5) is 5.69 Å². The molecule has 1 heterocycles. The van der Waals surface area contributed by atoms with Gasteiger partial charge in [-0.2, -0.15) is 0 Å². The van der Waals surface area contributed by atoms with Crippen molar-refractivity contribution in [1.82, 2.24) is 10.3 Å². The van der Waals surface area contributed by atoms with Gasteiger partial charge in [0, 0.05) is 24.7 Å². The van der Waals surface area contributed by atoms with Crippen molar-refractivity contribution < 1.29 is 14.8 Å². The summed E-state index contributed by atoms with van der Waals surface area (Å²) >= 11 is 0. The zero-order valence-corrected chi connectivity index (χ0v) is 12.4. The van der Waals surface area contributed by atoms with Gasteiger partial charge in [-0.05, 0) is 31.0 Å². The van der Waals surface area contributed by atoms with Gasteiger partial charge < -0.3 is 10.4 Å². The molecule has 1 aliphatic rings. The molecule has 2 aromatic rings. The van der Waals surface area contributed by atoms with Crippen molar-refractivity contribution in [3.05, 3.63) is 46.1 Å². The molecule has 1 amide bonds. The molecular weight excluding hydrogens is 298 g/mol. The second kappa shape index (κ2) is 6.29. The Kier molecular flexibility index (Phi) is 4.20. The molecule has 0 aliphatic heterocycles. The number of carbonyl (C=O) groups excluding carboxylic acids is 1. The number of hydrogen-bond acceptors (Lipinski definition) is 5. The molecule has 120 valence electrons. The van der Waals surface area contributed by atoms with Crippen LogP contribution < -0.4 is 5.32 Å². The molecule has 2 N–H and O–H groups in total. The first-order chi connectivity index (χ1) is 11.1. The first-order valence-corrected chi connectivity index (χ1v) is 7.56. The lowest BCUT2D eigenvalue weighted by atomic mass is 10.0. The first-order valence-electron chi connectivity index (χ1n) is 7.56. The summed E-state index contributed by atoms with van der Waals surface area (Å²) in [4.78, 5) is 27.1. The maximum Gasteiger partial charge on any atom is 0.278 e. The second-order valence-corrected chi connectivity index (χ2v) is 5.76. The number of hydrogen-bond donors (Lipinski definition) is 2. The van der Waals surface area contributed by atoms with E-state index in [9.17, 15) is 20.0 Å². The fourth-order valence-corrected chi connectivity index (χ4v) is 3.07. The maximum atomic E-state index is 12.4. The molecule has 0 saturated heterocycles. The highest BCUT2D eigenvalue weighted by molar-refractivity contribution is 6.07. The van der Waals surface area contributed by atoms with Crippen molar-refractivity contribution in [2.75, 3.05) is 6.54 Å². The van der Waals surface area contributed by atoms with Crippen LogP contribution >= 0.6 is 0 Å². The van der Waals surface area contributed by atoms with E-state index in [0.717, 1.165) is 19.3 Å². The number of rotatable bonds is 4. The predicted molar refractivity (Wildman–Crippen MR) is 84.1 cm³/mol. The Hall–Kier alpha value is -2.54. The third kappa shape index (κ3) is 3.00. The van der Waals surface area contributed by atoms with Gasteiger partial charge in [-0.3, -0.25) is 19.9 Å². The van der Waals surface area contributed by atoms with E-state index in [1.54, 1.807) is 12.1 Å². The van der Waals surface area contributed by atoms with Crippen LogP contribution in [0.3, 0.4) is 0 Å². The number of benzene rings is 1. The van der Waals surface area contributed by atoms with Gasteiger partial charge in [-0.1, -0.05) is 6.42 Å². The standard InChI is InChI=1S/C16H17N3O4/c20-14-5-1-3-10(14)9-18-16(21)12-6-7-13(19(22)23)11-4-2-8-17-15(11)12/h2,4,6-8,10,14,20H,1,3,5,9H2,(H,18,21). The molecule has 2 atom stereocenters. The molecule has 2 unspecified atom stereocenters. The molecule has 0 bridgehead atoms. The number of aromatic nitrogens is 1. The molecule has 3 rings (SSSR count). The number of amides is 1. The van der Waals surface area contributed by atoms with Crippen molar-refractivity contribution in [2.24, 2.45) is 5.92 Å². The van der Waals surface area contributed by atoms with Crippen LogP contribution in [0.25, 0.3) is 10.9 Å². The molecule has 1 aromatic heterocycles. The average molecular weight is 315 g/mol. The van der Waals surface area contributed by atoms with Gasteiger partial charge in [0.05, 0.1) is 27.5 Å². The summed E-state index contributed by atoms with van der Waals surface area (Å²) in [6.07, 6.45) is 3.75. The van der Waals surface area contributed by atoms with E-state index < -0.39 is 4.92 Å². The Morgan fingerprint density at radius 1 is 1.39 bits per heavy atom. The van der Waals surface area contributed by atoms with Crippen LogP contribution in [0.5, 0.6) is 0 Å². The molecule has 1 aromatic carbocycles. The summed E-state index contributed by atoms with van der Waals surface area (Å²) in [5.41, 5.74) is 0.542. The van der Waals surface area contributed by atoms with Crippen LogP contribution in [0.2, 0.25) is 0 Å². The van der Waals surface area contributed by atoms with Gasteiger partial charge in [-0.15, -0.1) is 0 Å². The highest BCUT2D eigenvalue weighted by Crippen LogP contribution is 2.27. The fraction of sp³-hybridized carbons (Fsp3) is 0.375. The van der Waals surface area contributed by atoms with E-state index in [0.29, 0.717) is 23.0 Å². The van der Waals surface area contributed by atoms with Gasteiger partial charge in [0.25, 0.3) is 11.6 Å². The van der Waals surface area contributed by atoms with E-state index in [-0.39, 0.29) is 23.6 Å². The van der Waals surface area contributed by atoms with Gasteiger partial charge in [0.2, 0.25) is 0 Å². The normalized spacial score (nSPS) is 20.6. The van der Waals surface area contributed by atoms with Crippen molar-refractivity contribution in [2.45, 2.75) is 25.4 Å². The SMILES string of the molecule is O=C(NCC1CCCC1O)c1ccc([N+](=O)[O-])c2cccnc12. The molecule has 23 heavy (non-hydrogen) atoms. The zero-order chi connectivity index (χ0) is 16.4. The summed E-state index contributed by atoms with van der Waals surface area (Å²) in [6.45, 7) is 0.394. The highest BCUT2D eigenvalue weighted by Gasteiger charge is 2.26. The Morgan fingerprint density at radius 3 is 2.91 bits per heavy atom. The number of carbonyl (C=O) groups is 1. The van der Waals surface area contributed by atoms with E-state index in [4.69, 9.17) is 0 Å². The summed E-state index contributed by atoms with van der Waals surface area (Å²) in [5, 5.41) is 24.0. The van der Waals surface area contributed by atoms with Crippen LogP contribution in [0.15, 0.2) is 30.5 Å². The third-order valence-electron chi connectivity index (χ3n) is 4.33. The van der Waals surface area contributed by atoms with E-state index in [1.807, 2.05) is 0 Å². The second-order valence-electron chi connectivity index (χ2n) is 5.76. The molecular formula is C16H17N3O4. The van der Waals surface area contributed by atoms with Gasteiger partial charge >= 0.3 is 0 Å². The molecule has 1 fully saturated rings. The topological polar surface area (TPSA) is 105 Å². The molecule has 7 heteroatoms. The number of nitro groups is 1. The zero-order valence-electron chi connectivity index (χ0n) is 12.4. The lowest BCUT2D eigenvalue weighted by Crippen LogP contribution is -2.32. The van der Waals surface area contributed by atoms with E-state index in [2.05, 4.69) is 10.3 Å². The third-order valence-corrected chi connectivity index (χ3v) is 4.33.